The van der Waals surface area contributed by atoms with Crippen LogP contribution in [0.15, 0.2) is 54.7 Å². The Morgan fingerprint density at radius 3 is 2.36 bits per heavy atom. The molecular formula is C20H14ClN3O4. The molecule has 7 nitrogen and oxygen atoms in total. The molecule has 1 aliphatic heterocycles. The van der Waals surface area contributed by atoms with Gasteiger partial charge in [0, 0.05) is 5.02 Å². The minimum absolute atomic E-state index is 0.166. The molecule has 1 aliphatic rings. The zero-order valence-electron chi connectivity index (χ0n) is 14.8. The van der Waals surface area contributed by atoms with Gasteiger partial charge in [-0.15, -0.1) is 0 Å². The zero-order valence-corrected chi connectivity index (χ0v) is 15.5. The summed E-state index contributed by atoms with van der Waals surface area (Å²) in [5, 5.41) is 5.26. The van der Waals surface area contributed by atoms with Crippen LogP contribution in [0.2, 0.25) is 5.02 Å². The van der Waals surface area contributed by atoms with Gasteiger partial charge in [-0.2, -0.15) is 5.10 Å². The Morgan fingerprint density at radius 2 is 1.75 bits per heavy atom. The standard InChI is InChI=1S/C20H14ClN3O4/c1-2-17-16(11-22-23(17)13-7-5-6-12(21)10-13)20(27)28-24-18(25)14-8-3-4-9-15(14)19(24)26/h3-11H,2H2,1H3. The molecule has 3 aromatic rings. The minimum Gasteiger partial charge on any atom is -0.324 e. The molecular weight excluding hydrogens is 382 g/mol. The lowest BCUT2D eigenvalue weighted by atomic mass is 10.1. The third-order valence-corrected chi connectivity index (χ3v) is 4.64. The molecule has 0 bridgehead atoms. The fourth-order valence-corrected chi connectivity index (χ4v) is 3.28. The second-order valence-electron chi connectivity index (χ2n) is 6.08. The highest BCUT2D eigenvalue weighted by Gasteiger charge is 2.39. The normalized spacial score (nSPS) is 13.0. The summed E-state index contributed by atoms with van der Waals surface area (Å²) >= 11 is 6.03. The molecule has 4 rings (SSSR count). The first-order valence-electron chi connectivity index (χ1n) is 8.54. The quantitative estimate of drug-likeness (QED) is 0.632. The highest BCUT2D eigenvalue weighted by molar-refractivity contribution is 6.30. The van der Waals surface area contributed by atoms with Gasteiger partial charge in [-0.3, -0.25) is 9.59 Å². The molecule has 0 saturated carbocycles. The zero-order chi connectivity index (χ0) is 19.8. The van der Waals surface area contributed by atoms with Crippen LogP contribution in [0.3, 0.4) is 0 Å². The van der Waals surface area contributed by atoms with Gasteiger partial charge in [-0.05, 0) is 36.8 Å². The SMILES string of the molecule is CCc1c(C(=O)ON2C(=O)c3ccccc3C2=O)cnn1-c1cccc(Cl)c1. The number of aromatic nitrogens is 2. The van der Waals surface area contributed by atoms with Crippen LogP contribution in [-0.2, 0) is 11.3 Å². The second kappa shape index (κ2) is 6.94. The fraction of sp³-hybridized carbons (Fsp3) is 0.100. The molecule has 140 valence electrons. The number of carbonyl (C=O) groups is 3. The first-order chi connectivity index (χ1) is 13.5. The van der Waals surface area contributed by atoms with Crippen molar-refractivity contribution in [1.29, 1.82) is 0 Å². The summed E-state index contributed by atoms with van der Waals surface area (Å²) < 4.78 is 1.57. The molecule has 2 amide bonds. The number of benzene rings is 2. The first kappa shape index (κ1) is 17.9. The van der Waals surface area contributed by atoms with E-state index in [0.29, 0.717) is 27.9 Å². The summed E-state index contributed by atoms with van der Waals surface area (Å²) in [5.41, 5.74) is 1.82. The van der Waals surface area contributed by atoms with Gasteiger partial charge < -0.3 is 4.84 Å². The number of halogens is 1. The fourth-order valence-electron chi connectivity index (χ4n) is 3.10. The van der Waals surface area contributed by atoms with E-state index in [1.807, 2.05) is 6.92 Å². The highest BCUT2D eigenvalue weighted by Crippen LogP contribution is 2.25. The Hall–Kier alpha value is -3.45. The van der Waals surface area contributed by atoms with E-state index in [-0.39, 0.29) is 16.7 Å². The van der Waals surface area contributed by atoms with E-state index in [0.717, 1.165) is 0 Å². The molecule has 2 aromatic carbocycles. The van der Waals surface area contributed by atoms with Crippen LogP contribution in [0.1, 0.15) is 43.7 Å². The van der Waals surface area contributed by atoms with Crippen LogP contribution in [0.25, 0.3) is 5.69 Å². The smallest absolute Gasteiger partial charge is 0.324 e. The van der Waals surface area contributed by atoms with Gasteiger partial charge in [0.2, 0.25) is 0 Å². The number of amides is 2. The van der Waals surface area contributed by atoms with E-state index < -0.39 is 17.8 Å². The predicted octanol–water partition coefficient (Wildman–Crippen LogP) is 3.46. The number of imide groups is 1. The molecule has 0 unspecified atom stereocenters. The molecule has 8 heteroatoms. The van der Waals surface area contributed by atoms with Crippen molar-refractivity contribution in [2.24, 2.45) is 0 Å². The van der Waals surface area contributed by atoms with Crippen LogP contribution < -0.4 is 0 Å². The van der Waals surface area contributed by atoms with Gasteiger partial charge in [0.25, 0.3) is 11.8 Å². The highest BCUT2D eigenvalue weighted by atomic mass is 35.5. The van der Waals surface area contributed by atoms with Crippen molar-refractivity contribution in [3.63, 3.8) is 0 Å². The molecule has 2 heterocycles. The van der Waals surface area contributed by atoms with E-state index in [2.05, 4.69) is 5.10 Å². The van der Waals surface area contributed by atoms with Gasteiger partial charge in [0.1, 0.15) is 5.56 Å². The van der Waals surface area contributed by atoms with Crippen LogP contribution >= 0.6 is 11.6 Å². The van der Waals surface area contributed by atoms with Gasteiger partial charge in [0.05, 0.1) is 28.7 Å². The van der Waals surface area contributed by atoms with Crippen molar-refractivity contribution in [3.8, 4) is 5.69 Å². The number of rotatable bonds is 4. The Morgan fingerprint density at radius 1 is 1.07 bits per heavy atom. The minimum atomic E-state index is -0.834. The van der Waals surface area contributed by atoms with Crippen molar-refractivity contribution in [3.05, 3.63) is 82.1 Å². The Balaban J connectivity index is 1.63. The van der Waals surface area contributed by atoms with Gasteiger partial charge in [-0.25, -0.2) is 9.48 Å². The van der Waals surface area contributed by atoms with Gasteiger partial charge >= 0.3 is 5.97 Å². The molecule has 0 saturated heterocycles. The van der Waals surface area contributed by atoms with Crippen LogP contribution in [-0.4, -0.2) is 32.6 Å². The number of hydroxylamine groups is 2. The summed E-state index contributed by atoms with van der Waals surface area (Å²) in [4.78, 5) is 42.6. The third kappa shape index (κ3) is 2.86. The Bertz CT molecular complexity index is 1090. The van der Waals surface area contributed by atoms with Crippen molar-refractivity contribution >= 4 is 29.4 Å². The number of hydrogen-bond donors (Lipinski definition) is 0. The molecule has 0 spiro atoms. The maximum absolute atomic E-state index is 12.7. The lowest BCUT2D eigenvalue weighted by molar-refractivity contribution is -0.0585. The molecule has 28 heavy (non-hydrogen) atoms. The van der Waals surface area contributed by atoms with E-state index in [9.17, 15) is 14.4 Å². The topological polar surface area (TPSA) is 81.5 Å². The predicted molar refractivity (Wildman–Crippen MR) is 100 cm³/mol. The molecule has 0 fully saturated rings. The lowest BCUT2D eigenvalue weighted by Gasteiger charge is -2.13. The van der Waals surface area contributed by atoms with Gasteiger partial charge in [-0.1, -0.05) is 41.8 Å². The molecule has 0 aliphatic carbocycles. The summed E-state index contributed by atoms with van der Waals surface area (Å²) in [6.45, 7) is 1.86. The summed E-state index contributed by atoms with van der Waals surface area (Å²) in [6.07, 6.45) is 1.82. The summed E-state index contributed by atoms with van der Waals surface area (Å²) in [5.74, 6) is -2.18. The lowest BCUT2D eigenvalue weighted by Crippen LogP contribution is -2.32. The van der Waals surface area contributed by atoms with E-state index in [4.69, 9.17) is 16.4 Å². The monoisotopic (exact) mass is 395 g/mol. The van der Waals surface area contributed by atoms with Crippen molar-refractivity contribution in [2.45, 2.75) is 13.3 Å². The maximum Gasteiger partial charge on any atom is 0.367 e. The first-order valence-corrected chi connectivity index (χ1v) is 8.92. The average molecular weight is 396 g/mol. The Labute approximate surface area is 165 Å². The molecule has 1 aromatic heterocycles. The van der Waals surface area contributed by atoms with Crippen LogP contribution in [0.4, 0.5) is 0 Å². The molecule has 0 radical (unpaired) electrons. The second-order valence-corrected chi connectivity index (χ2v) is 6.52. The molecule has 0 N–H and O–H groups in total. The van der Waals surface area contributed by atoms with E-state index >= 15 is 0 Å². The summed E-state index contributed by atoms with van der Waals surface area (Å²) in [7, 11) is 0. The number of fused-ring (bicyclic) bond motifs is 1. The number of nitrogens with zero attached hydrogens (tertiary/aromatic N) is 3. The van der Waals surface area contributed by atoms with Crippen molar-refractivity contribution < 1.29 is 19.2 Å². The number of hydrogen-bond acceptors (Lipinski definition) is 5. The van der Waals surface area contributed by atoms with Crippen LogP contribution in [0, 0.1) is 0 Å². The largest absolute Gasteiger partial charge is 0.367 e. The maximum atomic E-state index is 12.7. The molecule has 0 atom stereocenters. The Kier molecular flexibility index (Phi) is 4.44. The average Bonchev–Trinajstić information content (AvgIpc) is 3.24. The van der Waals surface area contributed by atoms with E-state index in [1.165, 1.54) is 18.3 Å². The summed E-state index contributed by atoms with van der Waals surface area (Å²) in [6, 6.07) is 13.3. The van der Waals surface area contributed by atoms with Crippen LogP contribution in [0.5, 0.6) is 0 Å². The third-order valence-electron chi connectivity index (χ3n) is 4.41. The van der Waals surface area contributed by atoms with Crippen molar-refractivity contribution in [1.82, 2.24) is 14.8 Å². The van der Waals surface area contributed by atoms with Crippen molar-refractivity contribution in [2.75, 3.05) is 0 Å². The van der Waals surface area contributed by atoms with E-state index in [1.54, 1.807) is 41.1 Å². The number of carbonyl (C=O) groups excluding carboxylic acids is 3. The van der Waals surface area contributed by atoms with Gasteiger partial charge in [0.15, 0.2) is 0 Å².